The van der Waals surface area contributed by atoms with Crippen LogP contribution in [0.5, 0.6) is 0 Å². The van der Waals surface area contributed by atoms with Crippen molar-refractivity contribution in [2.24, 2.45) is 0 Å². The second-order valence-electron chi connectivity index (χ2n) is 3.94. The Morgan fingerprint density at radius 3 is 1.86 bits per heavy atom. The van der Waals surface area contributed by atoms with Gasteiger partial charge < -0.3 is 5.11 Å². The van der Waals surface area contributed by atoms with Crippen LogP contribution in [0.15, 0.2) is 18.2 Å². The van der Waals surface area contributed by atoms with Gasteiger partial charge in [0.05, 0.1) is 15.6 Å². The van der Waals surface area contributed by atoms with E-state index in [1.54, 1.807) is 0 Å². The Morgan fingerprint density at radius 1 is 0.905 bits per heavy atom. The number of rotatable bonds is 2. The zero-order valence-corrected chi connectivity index (χ0v) is 11.4. The number of carboxylic acid groups (broad SMARTS) is 1. The Kier molecular flexibility index (Phi) is 4.11. The van der Waals surface area contributed by atoms with Gasteiger partial charge in [-0.1, -0.05) is 29.3 Å². The molecule has 2 rings (SSSR count). The van der Waals surface area contributed by atoms with E-state index in [0.29, 0.717) is 0 Å². The maximum Gasteiger partial charge on any atom is 0.341 e. The summed E-state index contributed by atoms with van der Waals surface area (Å²) < 4.78 is 54.9. The van der Waals surface area contributed by atoms with Gasteiger partial charge in [-0.15, -0.1) is 0 Å². The quantitative estimate of drug-likeness (QED) is 0.623. The molecule has 0 radical (unpaired) electrons. The van der Waals surface area contributed by atoms with E-state index in [0.717, 1.165) is 12.1 Å². The van der Waals surface area contributed by atoms with Crippen molar-refractivity contribution in [2.45, 2.75) is 0 Å². The smallest absolute Gasteiger partial charge is 0.341 e. The van der Waals surface area contributed by atoms with Gasteiger partial charge in [-0.3, -0.25) is 0 Å². The third-order valence-electron chi connectivity index (χ3n) is 2.69. The van der Waals surface area contributed by atoms with Gasteiger partial charge in [0.15, 0.2) is 23.3 Å². The molecule has 2 aromatic carbocycles. The lowest BCUT2D eigenvalue weighted by Crippen LogP contribution is -2.11. The molecule has 2 aromatic rings. The predicted octanol–water partition coefficient (Wildman–Crippen LogP) is 4.92. The van der Waals surface area contributed by atoms with E-state index in [4.69, 9.17) is 28.3 Å². The van der Waals surface area contributed by atoms with Gasteiger partial charge in [-0.05, 0) is 17.7 Å². The highest BCUT2D eigenvalue weighted by Crippen LogP contribution is 2.35. The van der Waals surface area contributed by atoms with Gasteiger partial charge in [0.2, 0.25) is 0 Å². The van der Waals surface area contributed by atoms with E-state index in [9.17, 15) is 22.4 Å². The summed E-state index contributed by atoms with van der Waals surface area (Å²) >= 11 is 11.3. The Bertz CT molecular complexity index is 733. The fraction of sp³-hybridized carbons (Fsp3) is 0. The van der Waals surface area contributed by atoms with E-state index in [1.165, 1.54) is 6.07 Å². The molecular weight excluding hydrogens is 335 g/mol. The molecule has 0 bridgehead atoms. The number of aromatic carboxylic acids is 1. The maximum absolute atomic E-state index is 13.9. The van der Waals surface area contributed by atoms with Gasteiger partial charge in [-0.2, -0.15) is 0 Å². The minimum absolute atomic E-state index is 0.0735. The molecule has 0 amide bonds. The Morgan fingerprint density at radius 2 is 1.43 bits per heavy atom. The number of hydrogen-bond acceptors (Lipinski definition) is 1. The van der Waals surface area contributed by atoms with Crippen LogP contribution in [0.1, 0.15) is 10.4 Å². The number of hydrogen-bond donors (Lipinski definition) is 1. The number of carbonyl (C=O) groups is 1. The lowest BCUT2D eigenvalue weighted by molar-refractivity contribution is 0.0683. The molecule has 0 heterocycles. The van der Waals surface area contributed by atoms with Crippen LogP contribution in [0.3, 0.4) is 0 Å². The van der Waals surface area contributed by atoms with Crippen LogP contribution >= 0.6 is 23.2 Å². The molecule has 0 spiro atoms. The summed E-state index contributed by atoms with van der Waals surface area (Å²) in [5.41, 5.74) is -3.04. The minimum atomic E-state index is -2.12. The van der Waals surface area contributed by atoms with Crippen molar-refractivity contribution in [1.82, 2.24) is 0 Å². The van der Waals surface area contributed by atoms with Crippen LogP contribution in [-0.4, -0.2) is 11.1 Å². The SMILES string of the molecule is O=C(O)c1c(F)c(F)c(-c2ccc(Cl)c(Cl)c2)c(F)c1F. The van der Waals surface area contributed by atoms with Gasteiger partial charge in [0, 0.05) is 0 Å². The first-order valence-electron chi connectivity index (χ1n) is 5.30. The third-order valence-corrected chi connectivity index (χ3v) is 3.42. The lowest BCUT2D eigenvalue weighted by atomic mass is 10.0. The van der Waals surface area contributed by atoms with E-state index in [-0.39, 0.29) is 15.6 Å². The van der Waals surface area contributed by atoms with E-state index in [1.807, 2.05) is 0 Å². The van der Waals surface area contributed by atoms with Crippen molar-refractivity contribution in [3.8, 4) is 11.1 Å². The highest BCUT2D eigenvalue weighted by molar-refractivity contribution is 6.42. The predicted molar refractivity (Wildman–Crippen MR) is 68.7 cm³/mol. The topological polar surface area (TPSA) is 37.3 Å². The van der Waals surface area contributed by atoms with Crippen molar-refractivity contribution >= 4 is 29.2 Å². The Balaban J connectivity index is 2.82. The number of halogens is 6. The first kappa shape index (κ1) is 15.6. The summed E-state index contributed by atoms with van der Waals surface area (Å²) in [6.45, 7) is 0. The molecule has 0 atom stereocenters. The Labute approximate surface area is 125 Å². The van der Waals surface area contributed by atoms with Crippen molar-refractivity contribution in [2.75, 3.05) is 0 Å². The molecule has 0 unspecified atom stereocenters. The monoisotopic (exact) mass is 338 g/mol. The van der Waals surface area contributed by atoms with Crippen molar-refractivity contribution in [3.05, 3.63) is 57.1 Å². The fourth-order valence-corrected chi connectivity index (χ4v) is 2.02. The standard InChI is InChI=1S/C13H4Cl2F4O2/c14-5-2-1-4(3-6(5)15)7-9(16)11(18)8(13(20)21)12(19)10(7)17/h1-3H,(H,20,21). The van der Waals surface area contributed by atoms with Crippen LogP contribution in [0, 0.1) is 23.3 Å². The van der Waals surface area contributed by atoms with E-state index in [2.05, 4.69) is 0 Å². The van der Waals surface area contributed by atoms with Gasteiger partial charge >= 0.3 is 5.97 Å². The number of benzene rings is 2. The summed E-state index contributed by atoms with van der Waals surface area (Å²) in [5.74, 6) is -9.78. The highest BCUT2D eigenvalue weighted by atomic mass is 35.5. The van der Waals surface area contributed by atoms with Crippen LogP contribution in [-0.2, 0) is 0 Å². The van der Waals surface area contributed by atoms with Crippen LogP contribution in [0.4, 0.5) is 17.6 Å². The molecule has 2 nitrogen and oxygen atoms in total. The molecule has 8 heteroatoms. The van der Waals surface area contributed by atoms with E-state index >= 15 is 0 Å². The normalized spacial score (nSPS) is 10.8. The average molecular weight is 339 g/mol. The molecule has 1 N–H and O–H groups in total. The van der Waals surface area contributed by atoms with Gasteiger partial charge in [0.1, 0.15) is 5.56 Å². The molecule has 0 fully saturated rings. The Hall–Kier alpha value is -1.79. The number of carboxylic acids is 1. The lowest BCUT2D eigenvalue weighted by Gasteiger charge is -2.10. The van der Waals surface area contributed by atoms with Crippen LogP contribution in [0.25, 0.3) is 11.1 Å². The molecule has 0 saturated heterocycles. The summed E-state index contributed by atoms with van der Waals surface area (Å²) in [7, 11) is 0. The second kappa shape index (κ2) is 5.54. The molecule has 0 aliphatic rings. The van der Waals surface area contributed by atoms with Gasteiger partial charge in [-0.25, -0.2) is 22.4 Å². The molecule has 0 aromatic heterocycles. The molecule has 0 aliphatic heterocycles. The fourth-order valence-electron chi connectivity index (χ4n) is 1.72. The van der Waals surface area contributed by atoms with Crippen molar-refractivity contribution in [1.29, 1.82) is 0 Å². The molecular formula is C13H4Cl2F4O2. The molecule has 0 saturated carbocycles. The zero-order chi connectivity index (χ0) is 15.9. The summed E-state index contributed by atoms with van der Waals surface area (Å²) in [4.78, 5) is 10.6. The second-order valence-corrected chi connectivity index (χ2v) is 4.75. The first-order valence-corrected chi connectivity index (χ1v) is 6.06. The van der Waals surface area contributed by atoms with Crippen LogP contribution in [0.2, 0.25) is 10.0 Å². The van der Waals surface area contributed by atoms with Crippen molar-refractivity contribution < 1.29 is 27.5 Å². The summed E-state index contributed by atoms with van der Waals surface area (Å²) in [6, 6.07) is 3.28. The maximum atomic E-state index is 13.9. The summed E-state index contributed by atoms with van der Waals surface area (Å²) in [5, 5.41) is 8.57. The average Bonchev–Trinajstić information content (AvgIpc) is 2.40. The molecule has 21 heavy (non-hydrogen) atoms. The third kappa shape index (κ3) is 2.56. The van der Waals surface area contributed by atoms with Crippen molar-refractivity contribution in [3.63, 3.8) is 0 Å². The molecule has 0 aliphatic carbocycles. The first-order chi connectivity index (χ1) is 9.75. The minimum Gasteiger partial charge on any atom is -0.477 e. The van der Waals surface area contributed by atoms with Gasteiger partial charge in [0.25, 0.3) is 0 Å². The van der Waals surface area contributed by atoms with E-state index < -0.39 is 40.4 Å². The zero-order valence-electron chi connectivity index (χ0n) is 9.86. The summed E-state index contributed by atoms with van der Waals surface area (Å²) in [6.07, 6.45) is 0. The molecule has 110 valence electrons. The highest BCUT2D eigenvalue weighted by Gasteiger charge is 2.29. The largest absolute Gasteiger partial charge is 0.477 e. The van der Waals surface area contributed by atoms with Crippen LogP contribution < -0.4 is 0 Å².